The second kappa shape index (κ2) is 5.44. The van der Waals surface area contributed by atoms with Crippen molar-refractivity contribution in [2.24, 2.45) is 0 Å². The molecule has 0 spiro atoms. The van der Waals surface area contributed by atoms with Crippen molar-refractivity contribution in [1.82, 2.24) is 19.9 Å². The van der Waals surface area contributed by atoms with Crippen LogP contribution in [0.4, 0.5) is 0 Å². The van der Waals surface area contributed by atoms with Gasteiger partial charge in [-0.15, -0.1) is 0 Å². The first-order valence-corrected chi connectivity index (χ1v) is 6.71. The van der Waals surface area contributed by atoms with Crippen LogP contribution in [0.5, 0.6) is 0 Å². The fourth-order valence-corrected chi connectivity index (χ4v) is 2.31. The van der Waals surface area contributed by atoms with Crippen LogP contribution in [-0.4, -0.2) is 19.9 Å². The van der Waals surface area contributed by atoms with E-state index in [1.807, 2.05) is 0 Å². The lowest BCUT2D eigenvalue weighted by atomic mass is 10.2. The van der Waals surface area contributed by atoms with Crippen molar-refractivity contribution in [1.29, 1.82) is 0 Å². The highest BCUT2D eigenvalue weighted by Gasteiger charge is 2.12. The summed E-state index contributed by atoms with van der Waals surface area (Å²) in [7, 11) is 0. The first-order chi connectivity index (χ1) is 9.61. The molecule has 5 nitrogen and oxygen atoms in total. The maximum absolute atomic E-state index is 6.10. The van der Waals surface area contributed by atoms with Crippen LogP contribution in [0.1, 0.15) is 5.89 Å². The summed E-state index contributed by atoms with van der Waals surface area (Å²) < 4.78 is 6.76. The number of rotatable bonds is 3. The summed E-state index contributed by atoms with van der Waals surface area (Å²) in [6, 6.07) is 5.08. The summed E-state index contributed by atoms with van der Waals surface area (Å²) in [6.45, 7) is 0.338. The minimum absolute atomic E-state index is 0.338. The van der Waals surface area contributed by atoms with Crippen molar-refractivity contribution in [3.8, 4) is 11.4 Å². The van der Waals surface area contributed by atoms with Gasteiger partial charge in [-0.3, -0.25) is 4.68 Å². The Morgan fingerprint density at radius 1 is 1.15 bits per heavy atom. The van der Waals surface area contributed by atoms with E-state index in [0.29, 0.717) is 38.9 Å². The van der Waals surface area contributed by atoms with Gasteiger partial charge in [0.2, 0.25) is 11.7 Å². The van der Waals surface area contributed by atoms with Crippen LogP contribution < -0.4 is 0 Å². The molecule has 8 heteroatoms. The van der Waals surface area contributed by atoms with Crippen molar-refractivity contribution in [3.05, 3.63) is 51.6 Å². The summed E-state index contributed by atoms with van der Waals surface area (Å²) >= 11 is 17.7. The van der Waals surface area contributed by atoms with Crippen LogP contribution >= 0.6 is 34.8 Å². The van der Waals surface area contributed by atoms with Gasteiger partial charge in [0.1, 0.15) is 6.54 Å². The van der Waals surface area contributed by atoms with E-state index < -0.39 is 0 Å². The predicted molar refractivity (Wildman–Crippen MR) is 76.1 cm³/mol. The van der Waals surface area contributed by atoms with Gasteiger partial charge >= 0.3 is 0 Å². The molecule has 0 aliphatic rings. The molecule has 0 radical (unpaired) electrons. The molecule has 3 aromatic rings. The molecule has 0 atom stereocenters. The number of halogens is 3. The topological polar surface area (TPSA) is 56.7 Å². The molecule has 3 rings (SSSR count). The second-order valence-electron chi connectivity index (χ2n) is 3.99. The average Bonchev–Trinajstić information content (AvgIpc) is 2.99. The summed E-state index contributed by atoms with van der Waals surface area (Å²) in [5.74, 6) is 0.811. The van der Waals surface area contributed by atoms with E-state index in [0.717, 1.165) is 0 Å². The van der Waals surface area contributed by atoms with E-state index in [1.54, 1.807) is 29.1 Å². The van der Waals surface area contributed by atoms with Crippen LogP contribution in [0.25, 0.3) is 11.4 Å². The monoisotopic (exact) mass is 328 g/mol. The fraction of sp³-hybridized carbons (Fsp3) is 0.0833. The van der Waals surface area contributed by atoms with E-state index in [1.165, 1.54) is 6.20 Å². The Hall–Kier alpha value is -1.56. The molecule has 0 amide bonds. The molecule has 0 saturated heterocycles. The summed E-state index contributed by atoms with van der Waals surface area (Å²) in [4.78, 5) is 4.27. The molecule has 0 unspecified atom stereocenters. The highest BCUT2D eigenvalue weighted by atomic mass is 35.5. The summed E-state index contributed by atoms with van der Waals surface area (Å²) in [6.07, 6.45) is 3.20. The molecule has 20 heavy (non-hydrogen) atoms. The molecule has 2 heterocycles. The van der Waals surface area contributed by atoms with Crippen LogP contribution in [0.3, 0.4) is 0 Å². The molecule has 0 aliphatic carbocycles. The molecule has 0 N–H and O–H groups in total. The number of nitrogens with zero attached hydrogens (tertiary/aromatic N) is 4. The largest absolute Gasteiger partial charge is 0.337 e. The normalized spacial score (nSPS) is 10.9. The number of hydrogen-bond acceptors (Lipinski definition) is 4. The zero-order chi connectivity index (χ0) is 14.1. The van der Waals surface area contributed by atoms with Crippen molar-refractivity contribution in [2.45, 2.75) is 6.54 Å². The van der Waals surface area contributed by atoms with Crippen molar-refractivity contribution < 1.29 is 4.52 Å². The third-order valence-corrected chi connectivity index (χ3v) is 3.28. The predicted octanol–water partition coefficient (Wildman–Crippen LogP) is 3.94. The second-order valence-corrected chi connectivity index (χ2v) is 5.27. The van der Waals surface area contributed by atoms with Gasteiger partial charge in [0, 0.05) is 16.8 Å². The van der Waals surface area contributed by atoms with Gasteiger partial charge in [-0.05, 0) is 18.2 Å². The first-order valence-electron chi connectivity index (χ1n) is 5.58. The Labute approximate surface area is 129 Å². The third kappa shape index (κ3) is 2.80. The van der Waals surface area contributed by atoms with Crippen molar-refractivity contribution in [3.63, 3.8) is 0 Å². The fourth-order valence-electron chi connectivity index (χ4n) is 1.66. The Bertz CT molecular complexity index is 753. The highest BCUT2D eigenvalue weighted by Crippen LogP contribution is 2.28. The maximum atomic E-state index is 6.10. The number of hydrogen-bond donors (Lipinski definition) is 0. The SMILES string of the molecule is Clc1ccc(-c2noc(Cn3cc(Cl)cn3)n2)c(Cl)c1. The maximum Gasteiger partial charge on any atom is 0.248 e. The number of benzene rings is 1. The smallest absolute Gasteiger partial charge is 0.248 e. The van der Waals surface area contributed by atoms with E-state index >= 15 is 0 Å². The van der Waals surface area contributed by atoms with Gasteiger partial charge in [0.05, 0.1) is 16.2 Å². The quantitative estimate of drug-likeness (QED) is 0.730. The zero-order valence-corrected chi connectivity index (χ0v) is 12.2. The molecule has 0 fully saturated rings. The average molecular weight is 330 g/mol. The Morgan fingerprint density at radius 3 is 2.70 bits per heavy atom. The Morgan fingerprint density at radius 2 is 2.00 bits per heavy atom. The molecular weight excluding hydrogens is 323 g/mol. The molecule has 102 valence electrons. The lowest BCUT2D eigenvalue weighted by Crippen LogP contribution is -1.99. The highest BCUT2D eigenvalue weighted by molar-refractivity contribution is 6.36. The minimum Gasteiger partial charge on any atom is -0.337 e. The van der Waals surface area contributed by atoms with Gasteiger partial charge in [0.15, 0.2) is 0 Å². The first kappa shape index (κ1) is 13.4. The summed E-state index contributed by atoms with van der Waals surface area (Å²) in [5.41, 5.74) is 0.657. The van der Waals surface area contributed by atoms with E-state index in [-0.39, 0.29) is 0 Å². The molecule has 2 aromatic heterocycles. The van der Waals surface area contributed by atoms with Crippen LogP contribution in [0.2, 0.25) is 15.1 Å². The Kier molecular flexibility index (Phi) is 3.65. The Balaban J connectivity index is 1.86. The number of aromatic nitrogens is 4. The van der Waals surface area contributed by atoms with E-state index in [2.05, 4.69) is 15.2 Å². The molecule has 0 bridgehead atoms. The molecule has 0 aliphatic heterocycles. The van der Waals surface area contributed by atoms with Gasteiger partial charge in [0.25, 0.3) is 0 Å². The lowest BCUT2D eigenvalue weighted by Gasteiger charge is -1.98. The molecule has 1 aromatic carbocycles. The zero-order valence-electron chi connectivity index (χ0n) is 9.92. The summed E-state index contributed by atoms with van der Waals surface area (Å²) in [5, 5.41) is 9.49. The van der Waals surface area contributed by atoms with Crippen LogP contribution in [0.15, 0.2) is 35.1 Å². The molecule has 0 saturated carbocycles. The van der Waals surface area contributed by atoms with Crippen molar-refractivity contribution >= 4 is 34.8 Å². The van der Waals surface area contributed by atoms with Crippen LogP contribution in [0, 0.1) is 0 Å². The third-order valence-electron chi connectivity index (χ3n) is 2.54. The minimum atomic E-state index is 0.338. The molecular formula is C12H7Cl3N4O. The standard InChI is InChI=1S/C12H7Cl3N4O/c13-7-1-2-9(10(15)3-7)12-17-11(20-18-12)6-19-5-8(14)4-16-19/h1-5H,6H2. The van der Waals surface area contributed by atoms with Gasteiger partial charge in [-0.25, -0.2) is 0 Å². The van der Waals surface area contributed by atoms with Crippen molar-refractivity contribution in [2.75, 3.05) is 0 Å². The van der Waals surface area contributed by atoms with E-state index in [4.69, 9.17) is 39.3 Å². The lowest BCUT2D eigenvalue weighted by molar-refractivity contribution is 0.366. The van der Waals surface area contributed by atoms with Crippen LogP contribution in [-0.2, 0) is 6.54 Å². The van der Waals surface area contributed by atoms with Gasteiger partial charge in [-0.1, -0.05) is 40.0 Å². The van der Waals surface area contributed by atoms with Gasteiger partial charge < -0.3 is 4.52 Å². The van der Waals surface area contributed by atoms with Gasteiger partial charge in [-0.2, -0.15) is 10.1 Å². The van der Waals surface area contributed by atoms with E-state index in [9.17, 15) is 0 Å².